The molecule has 0 saturated carbocycles. The number of benzene rings is 1. The molecule has 30 heavy (non-hydrogen) atoms. The highest BCUT2D eigenvalue weighted by atomic mass is 79.9. The second-order valence-electron chi connectivity index (χ2n) is 6.18. The molecule has 2 aromatic rings. The molecule has 158 valence electrons. The van der Waals surface area contributed by atoms with Crippen LogP contribution in [-0.2, 0) is 16.0 Å². The predicted octanol–water partition coefficient (Wildman–Crippen LogP) is 3.54. The number of ether oxygens (including phenoxy) is 2. The molecule has 1 saturated heterocycles. The Hall–Kier alpha value is -2.24. The molecule has 1 aliphatic heterocycles. The van der Waals surface area contributed by atoms with E-state index < -0.39 is 11.8 Å². The van der Waals surface area contributed by atoms with E-state index in [1.807, 2.05) is 13.8 Å². The fraction of sp³-hybridized carbons (Fsp3) is 0.316. The lowest BCUT2D eigenvalue weighted by molar-refractivity contribution is -0.120. The highest BCUT2D eigenvalue weighted by Gasteiger charge is 2.39. The number of primary amides is 1. The third kappa shape index (κ3) is 4.90. The molecular weight excluding hydrogens is 492 g/mol. The maximum Gasteiger partial charge on any atom is 0.255 e. The molecule has 11 heteroatoms. The molecule has 3 rings (SSSR count). The number of aryl methyl sites for hydroxylation is 1. The zero-order chi connectivity index (χ0) is 21.8. The van der Waals surface area contributed by atoms with Gasteiger partial charge < -0.3 is 15.2 Å². The lowest BCUT2D eigenvalue weighted by atomic mass is 10.0. The summed E-state index contributed by atoms with van der Waals surface area (Å²) in [7, 11) is 0. The van der Waals surface area contributed by atoms with Gasteiger partial charge in [-0.3, -0.25) is 15.0 Å². The third-order valence-electron chi connectivity index (χ3n) is 4.01. The zero-order valence-corrected chi connectivity index (χ0v) is 19.4. The van der Waals surface area contributed by atoms with Gasteiger partial charge in [-0.15, -0.1) is 21.5 Å². The Morgan fingerprint density at radius 2 is 2.10 bits per heavy atom. The van der Waals surface area contributed by atoms with Crippen LogP contribution < -0.4 is 15.2 Å². The van der Waals surface area contributed by atoms with Crippen LogP contribution in [0.1, 0.15) is 35.3 Å². The Morgan fingerprint density at radius 1 is 1.33 bits per heavy atom. The van der Waals surface area contributed by atoms with Gasteiger partial charge in [-0.05, 0) is 53.0 Å². The van der Waals surface area contributed by atoms with Gasteiger partial charge in [0, 0.05) is 0 Å². The van der Waals surface area contributed by atoms with Crippen molar-refractivity contribution in [3.8, 4) is 11.5 Å². The lowest BCUT2D eigenvalue weighted by Crippen LogP contribution is -2.20. The Kier molecular flexibility index (Phi) is 7.27. The third-order valence-corrected chi connectivity index (χ3v) is 6.72. The van der Waals surface area contributed by atoms with Gasteiger partial charge in [-0.2, -0.15) is 0 Å². The number of Topliss-reactive ketones (excluding diaryl/α,β-unsaturated/α-hetero) is 1. The van der Waals surface area contributed by atoms with Gasteiger partial charge in [-0.1, -0.05) is 18.7 Å². The lowest BCUT2D eigenvalue weighted by Gasteiger charge is -2.14. The number of nitrogens with zero attached hydrogens (tertiary/aromatic N) is 2. The molecule has 1 aromatic heterocycles. The van der Waals surface area contributed by atoms with Crippen LogP contribution in [0.15, 0.2) is 21.5 Å². The summed E-state index contributed by atoms with van der Waals surface area (Å²) in [5.74, 6) is -0.705. The number of ketones is 1. The van der Waals surface area contributed by atoms with Gasteiger partial charge in [-0.25, -0.2) is 0 Å². The molecule has 1 amide bonds. The van der Waals surface area contributed by atoms with Gasteiger partial charge in [0.2, 0.25) is 0 Å². The number of thioether (sulfide) groups is 1. The van der Waals surface area contributed by atoms with E-state index in [2.05, 4.69) is 26.1 Å². The molecule has 8 nitrogen and oxygen atoms in total. The van der Waals surface area contributed by atoms with Crippen molar-refractivity contribution in [2.75, 3.05) is 13.2 Å². The number of allylic oxidation sites excluding steroid dienone is 1. The normalized spacial score (nSPS) is 17.6. The van der Waals surface area contributed by atoms with Crippen LogP contribution in [0.4, 0.5) is 0 Å². The Morgan fingerprint density at radius 3 is 2.73 bits per heavy atom. The molecule has 1 aromatic carbocycles. The average Bonchev–Trinajstić information content (AvgIpc) is 3.25. The summed E-state index contributed by atoms with van der Waals surface area (Å²) < 4.78 is 11.6. The number of carbonyl (C=O) groups is 2. The minimum absolute atomic E-state index is 0.174. The number of amides is 1. The number of carbonyl (C=O) groups excluding carboxylic acids is 2. The Bertz CT molecular complexity index is 1040. The van der Waals surface area contributed by atoms with Gasteiger partial charge in [0.1, 0.15) is 15.9 Å². The second-order valence-corrected chi connectivity index (χ2v) is 9.21. The van der Waals surface area contributed by atoms with Crippen molar-refractivity contribution < 1.29 is 19.1 Å². The summed E-state index contributed by atoms with van der Waals surface area (Å²) in [6.45, 7) is 3.90. The van der Waals surface area contributed by atoms with Gasteiger partial charge >= 0.3 is 0 Å². The van der Waals surface area contributed by atoms with E-state index in [-0.39, 0.29) is 17.4 Å². The number of nitrogens with one attached hydrogen (secondary N) is 1. The van der Waals surface area contributed by atoms with E-state index in [1.165, 1.54) is 11.3 Å². The van der Waals surface area contributed by atoms with Crippen LogP contribution in [0, 0.1) is 5.41 Å². The van der Waals surface area contributed by atoms with Gasteiger partial charge in [0.25, 0.3) is 5.91 Å². The largest absolute Gasteiger partial charge is 0.490 e. The van der Waals surface area contributed by atoms with E-state index >= 15 is 0 Å². The van der Waals surface area contributed by atoms with Crippen LogP contribution in [0.2, 0.25) is 0 Å². The molecule has 0 unspecified atom stereocenters. The van der Waals surface area contributed by atoms with Crippen LogP contribution >= 0.6 is 39.0 Å². The first-order valence-electron chi connectivity index (χ1n) is 9.05. The second kappa shape index (κ2) is 9.71. The van der Waals surface area contributed by atoms with Crippen LogP contribution in [0.3, 0.4) is 0 Å². The van der Waals surface area contributed by atoms with Gasteiger partial charge in [0.05, 0.1) is 21.0 Å². The van der Waals surface area contributed by atoms with Crippen molar-refractivity contribution in [1.29, 1.82) is 5.41 Å². The fourth-order valence-corrected chi connectivity index (χ4v) is 5.24. The van der Waals surface area contributed by atoms with Crippen LogP contribution in [0.5, 0.6) is 11.5 Å². The summed E-state index contributed by atoms with van der Waals surface area (Å²) in [5.41, 5.74) is 5.84. The average molecular weight is 511 g/mol. The Balaban J connectivity index is 1.91. The first kappa shape index (κ1) is 22.4. The topological polar surface area (TPSA) is 128 Å². The van der Waals surface area contributed by atoms with Crippen molar-refractivity contribution in [3.05, 3.63) is 37.1 Å². The smallest absolute Gasteiger partial charge is 0.255 e. The van der Waals surface area contributed by atoms with Crippen LogP contribution in [-0.4, -0.2) is 40.1 Å². The van der Waals surface area contributed by atoms with Crippen molar-refractivity contribution in [2.24, 2.45) is 5.73 Å². The van der Waals surface area contributed by atoms with Crippen LogP contribution in [0.25, 0.3) is 6.08 Å². The minimum atomic E-state index is -0.702. The maximum absolute atomic E-state index is 12.9. The highest BCUT2D eigenvalue weighted by Crippen LogP contribution is 2.43. The molecular formula is C19H19BrN4O4S2. The number of rotatable bonds is 8. The summed E-state index contributed by atoms with van der Waals surface area (Å²) in [6.07, 6.45) is 2.44. The molecule has 3 N–H and O–H groups in total. The number of hydrogen-bond acceptors (Lipinski definition) is 9. The highest BCUT2D eigenvalue weighted by molar-refractivity contribution is 9.10. The molecule has 0 bridgehead atoms. The van der Waals surface area contributed by atoms with E-state index in [9.17, 15) is 9.59 Å². The Labute approximate surface area is 189 Å². The number of nitrogens with two attached hydrogens (primary N) is 1. The predicted molar refractivity (Wildman–Crippen MR) is 120 cm³/mol. The standard InChI is InChI=1S/C19H19BrN4O4S2/c1-3-14-23-24-19(30-14)15-16(26)12(29-18(15)22)7-9-5-10(20)17(28-8-13(21)25)11(6-9)27-4-2/h5-7,15,22H,3-4,8H2,1-2H3,(H2,21,25)/b12-7-,22-18?/t15-/m1/s1. The zero-order valence-electron chi connectivity index (χ0n) is 16.2. The van der Waals surface area contributed by atoms with E-state index in [0.29, 0.717) is 38.1 Å². The molecule has 0 spiro atoms. The van der Waals surface area contributed by atoms with E-state index in [4.69, 9.17) is 20.6 Å². The number of halogens is 1. The van der Waals surface area contributed by atoms with E-state index in [0.717, 1.165) is 23.2 Å². The van der Waals surface area contributed by atoms with Crippen molar-refractivity contribution in [2.45, 2.75) is 26.2 Å². The minimum Gasteiger partial charge on any atom is -0.490 e. The first-order chi connectivity index (χ1) is 14.3. The van der Waals surface area contributed by atoms with Crippen molar-refractivity contribution in [3.63, 3.8) is 0 Å². The molecule has 1 fully saturated rings. The molecule has 0 aliphatic carbocycles. The quantitative estimate of drug-likeness (QED) is 0.519. The monoisotopic (exact) mass is 510 g/mol. The summed E-state index contributed by atoms with van der Waals surface area (Å²) in [6, 6.07) is 3.46. The fourth-order valence-electron chi connectivity index (χ4n) is 2.71. The SMILES string of the molecule is CCOc1cc(/C=C2\SC(=N)[C@H](c3nnc(CC)s3)C2=O)cc(Br)c1OCC(N)=O. The first-order valence-corrected chi connectivity index (χ1v) is 11.5. The maximum atomic E-state index is 12.9. The molecule has 2 heterocycles. The molecule has 1 atom stereocenters. The number of hydrogen-bond donors (Lipinski definition) is 2. The summed E-state index contributed by atoms with van der Waals surface area (Å²) in [5, 5.41) is 18.0. The van der Waals surface area contributed by atoms with Crippen molar-refractivity contribution in [1.82, 2.24) is 10.2 Å². The summed E-state index contributed by atoms with van der Waals surface area (Å²) >= 11 is 5.89. The van der Waals surface area contributed by atoms with E-state index in [1.54, 1.807) is 18.2 Å². The number of aromatic nitrogens is 2. The van der Waals surface area contributed by atoms with Crippen molar-refractivity contribution >= 4 is 61.8 Å². The molecule has 0 radical (unpaired) electrons. The molecule has 1 aliphatic rings. The summed E-state index contributed by atoms with van der Waals surface area (Å²) in [4.78, 5) is 24.4. The van der Waals surface area contributed by atoms with Gasteiger partial charge in [0.15, 0.2) is 23.9 Å².